The summed E-state index contributed by atoms with van der Waals surface area (Å²) in [6.45, 7) is 2.38. The van der Waals surface area contributed by atoms with Crippen LogP contribution in [0.25, 0.3) is 0 Å². The van der Waals surface area contributed by atoms with Gasteiger partial charge in [0.15, 0.2) is 0 Å². The Labute approximate surface area is 116 Å². The van der Waals surface area contributed by atoms with Crippen molar-refractivity contribution in [1.29, 1.82) is 0 Å². The van der Waals surface area contributed by atoms with Crippen LogP contribution in [0.5, 0.6) is 0 Å². The predicted molar refractivity (Wildman–Crippen MR) is 72.1 cm³/mol. The third-order valence-corrected chi connectivity index (χ3v) is 2.86. The molecule has 0 unspecified atom stereocenters. The zero-order valence-electron chi connectivity index (χ0n) is 11.4. The molecular weight excluding hydrogens is 265 g/mol. The van der Waals surface area contributed by atoms with E-state index in [0.29, 0.717) is 0 Å². The van der Waals surface area contributed by atoms with E-state index in [1.54, 1.807) is 0 Å². The largest absolute Gasteiger partial charge is 0.462 e. The Morgan fingerprint density at radius 1 is 1.30 bits per heavy atom. The van der Waals surface area contributed by atoms with Crippen LogP contribution in [0.15, 0.2) is 18.2 Å². The summed E-state index contributed by atoms with van der Waals surface area (Å²) in [6, 6.07) is 2.98. The van der Waals surface area contributed by atoms with Crippen molar-refractivity contribution in [2.45, 2.75) is 39.0 Å². The van der Waals surface area contributed by atoms with Gasteiger partial charge in [-0.3, -0.25) is 10.1 Å². The number of carbonyl (C=O) groups excluding carboxylic acids is 1. The van der Waals surface area contributed by atoms with Crippen molar-refractivity contribution in [2.75, 3.05) is 6.61 Å². The van der Waals surface area contributed by atoms with Gasteiger partial charge in [-0.25, -0.2) is 4.79 Å². The number of rotatable bonds is 8. The van der Waals surface area contributed by atoms with E-state index in [9.17, 15) is 19.3 Å². The average Bonchev–Trinajstić information content (AvgIpc) is 2.42. The van der Waals surface area contributed by atoms with Gasteiger partial charge in [0.1, 0.15) is 0 Å². The van der Waals surface area contributed by atoms with Crippen molar-refractivity contribution in [1.82, 2.24) is 0 Å². The molecule has 0 aliphatic carbocycles. The maximum atomic E-state index is 13.1. The molecule has 110 valence electrons. The minimum Gasteiger partial charge on any atom is -0.462 e. The molecule has 0 saturated carbocycles. The van der Waals surface area contributed by atoms with Crippen LogP contribution in [0.4, 0.5) is 10.1 Å². The Morgan fingerprint density at radius 3 is 2.65 bits per heavy atom. The zero-order chi connectivity index (χ0) is 15.0. The highest BCUT2D eigenvalue weighted by Gasteiger charge is 2.18. The van der Waals surface area contributed by atoms with Crippen molar-refractivity contribution >= 4 is 11.7 Å². The van der Waals surface area contributed by atoms with Crippen LogP contribution in [0.1, 0.15) is 49.4 Å². The van der Waals surface area contributed by atoms with Gasteiger partial charge < -0.3 is 4.74 Å². The van der Waals surface area contributed by atoms with Gasteiger partial charge in [0.2, 0.25) is 5.82 Å². The molecule has 0 aliphatic rings. The van der Waals surface area contributed by atoms with Gasteiger partial charge in [-0.05, 0) is 18.6 Å². The molecule has 5 nitrogen and oxygen atoms in total. The first-order valence-corrected chi connectivity index (χ1v) is 6.67. The van der Waals surface area contributed by atoms with Crippen molar-refractivity contribution in [3.05, 3.63) is 39.7 Å². The SMILES string of the molecule is CCCCCCCOC(=O)c1ccc(F)c([N+](=O)[O-])c1. The third-order valence-electron chi connectivity index (χ3n) is 2.86. The second kappa shape index (κ2) is 8.24. The molecule has 0 aliphatic heterocycles. The van der Waals surface area contributed by atoms with E-state index in [2.05, 4.69) is 6.92 Å². The zero-order valence-corrected chi connectivity index (χ0v) is 11.4. The molecule has 0 spiro atoms. The fourth-order valence-corrected chi connectivity index (χ4v) is 1.73. The smallest absolute Gasteiger partial charge is 0.338 e. The molecule has 1 aromatic rings. The lowest BCUT2D eigenvalue weighted by Gasteiger charge is -2.05. The van der Waals surface area contributed by atoms with Crippen LogP contribution in [-0.4, -0.2) is 17.5 Å². The average molecular weight is 283 g/mol. The Hall–Kier alpha value is -1.98. The molecule has 6 heteroatoms. The van der Waals surface area contributed by atoms with E-state index in [0.717, 1.165) is 44.2 Å². The number of nitro groups is 1. The predicted octanol–water partition coefficient (Wildman–Crippen LogP) is 3.86. The van der Waals surface area contributed by atoms with Crippen molar-refractivity contribution in [2.24, 2.45) is 0 Å². The number of halogens is 1. The molecule has 1 rings (SSSR count). The molecule has 0 bridgehead atoms. The minimum atomic E-state index is -0.967. The van der Waals surface area contributed by atoms with E-state index in [1.165, 1.54) is 6.07 Å². The number of ether oxygens (including phenoxy) is 1. The first kappa shape index (κ1) is 16.1. The molecule has 20 heavy (non-hydrogen) atoms. The van der Waals surface area contributed by atoms with Gasteiger partial charge >= 0.3 is 11.7 Å². The Bertz CT molecular complexity index is 476. The molecule has 1 aromatic carbocycles. The first-order valence-electron chi connectivity index (χ1n) is 6.67. The van der Waals surface area contributed by atoms with E-state index in [4.69, 9.17) is 4.74 Å². The van der Waals surface area contributed by atoms with Gasteiger partial charge in [-0.2, -0.15) is 4.39 Å². The van der Waals surface area contributed by atoms with Gasteiger partial charge in [-0.15, -0.1) is 0 Å². The second-order valence-corrected chi connectivity index (χ2v) is 4.47. The molecule has 0 N–H and O–H groups in total. The van der Waals surface area contributed by atoms with E-state index < -0.39 is 22.4 Å². The summed E-state index contributed by atoms with van der Waals surface area (Å²) in [7, 11) is 0. The molecule has 0 aromatic heterocycles. The van der Waals surface area contributed by atoms with Crippen LogP contribution >= 0.6 is 0 Å². The number of unbranched alkanes of at least 4 members (excludes halogenated alkanes) is 4. The van der Waals surface area contributed by atoms with Crippen molar-refractivity contribution in [3.63, 3.8) is 0 Å². The fourth-order valence-electron chi connectivity index (χ4n) is 1.73. The maximum absolute atomic E-state index is 13.1. The van der Waals surface area contributed by atoms with Gasteiger partial charge in [0.05, 0.1) is 17.1 Å². The highest BCUT2D eigenvalue weighted by Crippen LogP contribution is 2.19. The Balaban J connectivity index is 2.47. The standard InChI is InChI=1S/C14H18FNO4/c1-2-3-4-5-6-9-20-14(17)11-7-8-12(15)13(10-11)16(18)19/h7-8,10H,2-6,9H2,1H3. The van der Waals surface area contributed by atoms with Crippen LogP contribution in [0.3, 0.4) is 0 Å². The van der Waals surface area contributed by atoms with Crippen LogP contribution < -0.4 is 0 Å². The van der Waals surface area contributed by atoms with E-state index >= 15 is 0 Å². The lowest BCUT2D eigenvalue weighted by molar-refractivity contribution is -0.387. The summed E-state index contributed by atoms with van der Waals surface area (Å²) in [5.74, 6) is -1.63. The van der Waals surface area contributed by atoms with Crippen molar-refractivity contribution < 1.29 is 18.8 Å². The second-order valence-electron chi connectivity index (χ2n) is 4.47. The lowest BCUT2D eigenvalue weighted by atomic mass is 10.1. The van der Waals surface area contributed by atoms with Crippen molar-refractivity contribution in [3.8, 4) is 0 Å². The molecule has 0 amide bonds. The van der Waals surface area contributed by atoms with Crippen LogP contribution in [0, 0.1) is 15.9 Å². The molecule has 0 heterocycles. The number of hydrogen-bond acceptors (Lipinski definition) is 4. The van der Waals surface area contributed by atoms with Crippen LogP contribution in [-0.2, 0) is 4.74 Å². The van der Waals surface area contributed by atoms with E-state index in [1.807, 2.05) is 0 Å². The summed E-state index contributed by atoms with van der Waals surface area (Å²) in [4.78, 5) is 21.4. The summed E-state index contributed by atoms with van der Waals surface area (Å²) in [5.41, 5.74) is -0.728. The number of nitro benzene ring substituents is 1. The molecule has 0 atom stereocenters. The summed E-state index contributed by atoms with van der Waals surface area (Å²) in [6.07, 6.45) is 5.12. The highest BCUT2D eigenvalue weighted by atomic mass is 19.1. The first-order chi connectivity index (χ1) is 9.56. The lowest BCUT2D eigenvalue weighted by Crippen LogP contribution is -2.07. The number of hydrogen-bond donors (Lipinski definition) is 0. The highest BCUT2D eigenvalue weighted by molar-refractivity contribution is 5.90. The molecule has 0 fully saturated rings. The summed E-state index contributed by atoms with van der Waals surface area (Å²) in [5, 5.41) is 10.6. The molecule has 0 saturated heterocycles. The molecule has 0 radical (unpaired) electrons. The van der Waals surface area contributed by atoms with Gasteiger partial charge in [0.25, 0.3) is 0 Å². The normalized spacial score (nSPS) is 10.3. The van der Waals surface area contributed by atoms with Gasteiger partial charge in [-0.1, -0.05) is 32.6 Å². The summed E-state index contributed by atoms with van der Waals surface area (Å²) >= 11 is 0. The Morgan fingerprint density at radius 2 is 2.00 bits per heavy atom. The number of carbonyl (C=O) groups is 1. The minimum absolute atomic E-state index is 0.00772. The number of esters is 1. The monoisotopic (exact) mass is 283 g/mol. The van der Waals surface area contributed by atoms with Crippen LogP contribution in [0.2, 0.25) is 0 Å². The van der Waals surface area contributed by atoms with E-state index in [-0.39, 0.29) is 12.2 Å². The number of nitrogens with zero attached hydrogens (tertiary/aromatic N) is 1. The topological polar surface area (TPSA) is 69.4 Å². The molecular formula is C14H18FNO4. The fraction of sp³-hybridized carbons (Fsp3) is 0.500. The maximum Gasteiger partial charge on any atom is 0.338 e. The summed E-state index contributed by atoms with van der Waals surface area (Å²) < 4.78 is 18.1. The number of benzene rings is 1. The van der Waals surface area contributed by atoms with Gasteiger partial charge in [0, 0.05) is 6.07 Å². The quantitative estimate of drug-likeness (QED) is 0.314. The third kappa shape index (κ3) is 4.95. The Kier molecular flexibility index (Phi) is 6.63.